The normalized spacial score (nSPS) is 22.6. The van der Waals surface area contributed by atoms with E-state index in [1.165, 1.54) is 35.7 Å². The highest BCUT2D eigenvalue weighted by Crippen LogP contribution is 2.53. The summed E-state index contributed by atoms with van der Waals surface area (Å²) in [6.45, 7) is 10.5. The van der Waals surface area contributed by atoms with Gasteiger partial charge in [-0.1, -0.05) is 38.1 Å². The first kappa shape index (κ1) is 45.5. The van der Waals surface area contributed by atoms with Crippen molar-refractivity contribution in [1.29, 1.82) is 0 Å². The summed E-state index contributed by atoms with van der Waals surface area (Å²) in [4.78, 5) is 40.8. The number of amides is 1. The van der Waals surface area contributed by atoms with Gasteiger partial charge in [0.25, 0.3) is 15.9 Å². The Morgan fingerprint density at radius 3 is 2.56 bits per heavy atom. The smallest absolute Gasteiger partial charge is 0.312 e. The minimum absolute atomic E-state index is 0.00852. The van der Waals surface area contributed by atoms with Crippen molar-refractivity contribution in [2.45, 2.75) is 101 Å². The molecule has 1 atom stereocenters. The molecule has 0 bridgehead atoms. The summed E-state index contributed by atoms with van der Waals surface area (Å²) in [5.41, 5.74) is 2.55. The van der Waals surface area contributed by atoms with Crippen LogP contribution >= 0.6 is 0 Å². The number of H-pyrrole nitrogens is 1. The number of aliphatic hydroxyl groups is 1. The van der Waals surface area contributed by atoms with Gasteiger partial charge in [-0.25, -0.2) is 27.5 Å². The Morgan fingerprint density at radius 1 is 1.06 bits per heavy atom. The van der Waals surface area contributed by atoms with Crippen LogP contribution in [0.1, 0.15) is 106 Å². The zero-order valence-electron chi connectivity index (χ0n) is 37.5. The minimum atomic E-state index is -4.69. The summed E-state index contributed by atoms with van der Waals surface area (Å²) in [7, 11) is -4.69. The van der Waals surface area contributed by atoms with E-state index in [1.54, 1.807) is 19.1 Å². The number of rotatable bonds is 13. The van der Waals surface area contributed by atoms with Gasteiger partial charge in [0, 0.05) is 56.2 Å². The lowest BCUT2D eigenvalue weighted by Gasteiger charge is -2.57. The molecule has 3 aromatic heterocycles. The van der Waals surface area contributed by atoms with Gasteiger partial charge in [-0.2, -0.15) is 0 Å². The number of hydrogen-bond donors (Lipinski definition) is 4. The fourth-order valence-corrected chi connectivity index (χ4v) is 11.4. The number of nitrogens with zero attached hydrogens (tertiary/aromatic N) is 5. The molecule has 350 valence electrons. The van der Waals surface area contributed by atoms with Crippen molar-refractivity contribution in [1.82, 2.24) is 24.6 Å². The van der Waals surface area contributed by atoms with Gasteiger partial charge in [-0.15, -0.1) is 0 Å². The molecule has 1 spiro atoms. The molecule has 2 saturated heterocycles. The number of aromatic nitrogens is 3. The standard InChI is InChI=1S/C48H57FN8O8S/c1-30(2)36-6-4-5-7-37(36)42-29-64-19-18-56(42)33-23-48(24-33)14-16-55(17-15-48)32-8-9-38(43(20-32)65-34-21-39-40(49)28-53-44(39)51-26-34)46(58)54-66(62,63)35-22-41(57(60)61)45(52-27-35)50-25-31-10-12-47(3,59)13-11-31/h4-9,20-22,26-28,30-31,33,42,59H,10-19,23-25,29H2,1-3H3,(H,50,52)(H,51,53)(H,54,58)/t31?,42-,47?/m0/s1. The second-order valence-corrected chi connectivity index (χ2v) is 20.9. The number of aromatic amines is 1. The zero-order valence-corrected chi connectivity index (χ0v) is 38.3. The van der Waals surface area contributed by atoms with Gasteiger partial charge >= 0.3 is 5.69 Å². The predicted molar refractivity (Wildman–Crippen MR) is 247 cm³/mol. The Morgan fingerprint density at radius 2 is 1.82 bits per heavy atom. The third-order valence-corrected chi connectivity index (χ3v) is 15.7. The zero-order chi connectivity index (χ0) is 46.4. The van der Waals surface area contributed by atoms with Gasteiger partial charge in [0.2, 0.25) is 5.82 Å². The third-order valence-electron chi connectivity index (χ3n) is 14.4. The molecule has 16 nitrogen and oxygen atoms in total. The molecule has 5 heterocycles. The largest absolute Gasteiger partial charge is 0.455 e. The number of benzene rings is 2. The fourth-order valence-electron chi connectivity index (χ4n) is 10.4. The molecule has 66 heavy (non-hydrogen) atoms. The maximum Gasteiger partial charge on any atom is 0.312 e. The number of anilines is 2. The second-order valence-electron chi connectivity index (χ2n) is 19.2. The fraction of sp³-hybridized carbons (Fsp3) is 0.479. The number of nitro groups is 1. The number of halogens is 1. The highest BCUT2D eigenvalue weighted by molar-refractivity contribution is 7.90. The molecule has 2 saturated carbocycles. The average Bonchev–Trinajstić information content (AvgIpc) is 3.66. The first-order valence-corrected chi connectivity index (χ1v) is 24.3. The summed E-state index contributed by atoms with van der Waals surface area (Å²) in [6, 6.07) is 16.6. The molecule has 4 N–H and O–H groups in total. The third kappa shape index (κ3) is 9.46. The molecule has 4 aliphatic rings. The van der Waals surface area contributed by atoms with Crippen LogP contribution in [0, 0.1) is 27.3 Å². The molecular formula is C48H57FN8O8S. The van der Waals surface area contributed by atoms with E-state index < -0.39 is 42.9 Å². The van der Waals surface area contributed by atoms with Crippen molar-refractivity contribution in [3.63, 3.8) is 0 Å². The Bertz CT molecular complexity index is 2720. The molecule has 9 rings (SSSR count). The van der Waals surface area contributed by atoms with Crippen molar-refractivity contribution in [2.75, 3.05) is 49.6 Å². The van der Waals surface area contributed by atoms with E-state index in [4.69, 9.17) is 9.47 Å². The van der Waals surface area contributed by atoms with E-state index in [1.807, 2.05) is 4.72 Å². The highest BCUT2D eigenvalue weighted by Gasteiger charge is 2.50. The molecule has 2 aliphatic heterocycles. The van der Waals surface area contributed by atoms with Gasteiger partial charge in [0.05, 0.1) is 53.1 Å². The van der Waals surface area contributed by atoms with E-state index in [0.29, 0.717) is 43.6 Å². The van der Waals surface area contributed by atoms with Crippen LogP contribution in [0.3, 0.4) is 0 Å². The maximum absolute atomic E-state index is 14.6. The van der Waals surface area contributed by atoms with Crippen molar-refractivity contribution >= 4 is 44.2 Å². The number of hydrogen-bond acceptors (Lipinski definition) is 13. The van der Waals surface area contributed by atoms with Gasteiger partial charge in [-0.3, -0.25) is 19.8 Å². The van der Waals surface area contributed by atoms with Crippen LogP contribution in [0.2, 0.25) is 0 Å². The lowest BCUT2D eigenvalue weighted by atomic mass is 9.59. The summed E-state index contributed by atoms with van der Waals surface area (Å²) < 4.78 is 56.3. The van der Waals surface area contributed by atoms with Crippen LogP contribution in [0.25, 0.3) is 11.0 Å². The summed E-state index contributed by atoms with van der Waals surface area (Å²) in [5.74, 6) is -1.01. The summed E-state index contributed by atoms with van der Waals surface area (Å²) >= 11 is 0. The molecular weight excluding hydrogens is 868 g/mol. The minimum Gasteiger partial charge on any atom is -0.455 e. The number of sulfonamides is 1. The van der Waals surface area contributed by atoms with Crippen LogP contribution in [-0.4, -0.2) is 95.2 Å². The Labute approximate surface area is 383 Å². The molecule has 0 unspecified atom stereocenters. The molecule has 1 amide bonds. The van der Waals surface area contributed by atoms with Gasteiger partial charge in [0.15, 0.2) is 0 Å². The van der Waals surface area contributed by atoms with Gasteiger partial charge in [0.1, 0.15) is 27.9 Å². The first-order valence-electron chi connectivity index (χ1n) is 22.9. The van der Waals surface area contributed by atoms with Gasteiger partial charge in [-0.05, 0) is 105 Å². The molecule has 18 heteroatoms. The number of nitrogens with one attached hydrogen (secondary N) is 3. The van der Waals surface area contributed by atoms with Crippen molar-refractivity contribution in [2.24, 2.45) is 11.3 Å². The summed E-state index contributed by atoms with van der Waals surface area (Å²) in [6.07, 6.45) is 10.3. The molecule has 0 radical (unpaired) electrons. The van der Waals surface area contributed by atoms with Crippen LogP contribution in [0.5, 0.6) is 11.5 Å². The number of carbonyl (C=O) groups excluding carboxylic acids is 1. The highest BCUT2D eigenvalue weighted by atomic mass is 32.2. The molecule has 2 aromatic carbocycles. The average molecular weight is 925 g/mol. The van der Waals surface area contributed by atoms with Crippen LogP contribution < -0.4 is 19.7 Å². The van der Waals surface area contributed by atoms with Crippen LogP contribution in [0.15, 0.2) is 78.1 Å². The van der Waals surface area contributed by atoms with E-state index >= 15 is 0 Å². The Kier molecular flexibility index (Phi) is 12.5. The monoisotopic (exact) mass is 924 g/mol. The topological polar surface area (TPSA) is 205 Å². The van der Waals surface area contributed by atoms with Crippen LogP contribution in [0.4, 0.5) is 21.6 Å². The van der Waals surface area contributed by atoms with Crippen molar-refractivity contribution in [3.05, 3.63) is 106 Å². The number of fused-ring (bicyclic) bond motifs is 1. The summed E-state index contributed by atoms with van der Waals surface area (Å²) in [5, 5.41) is 25.6. The molecule has 2 aliphatic carbocycles. The predicted octanol–water partition coefficient (Wildman–Crippen LogP) is 8.22. The van der Waals surface area contributed by atoms with Crippen molar-refractivity contribution < 1.29 is 37.1 Å². The molecule has 5 aromatic rings. The van der Waals surface area contributed by atoms with Crippen molar-refractivity contribution in [3.8, 4) is 11.5 Å². The second kappa shape index (κ2) is 18.2. The first-order chi connectivity index (χ1) is 31.6. The quantitative estimate of drug-likeness (QED) is 0.0650. The Balaban J connectivity index is 0.907. The molecule has 4 fully saturated rings. The number of piperidine rings is 1. The number of pyridine rings is 2. The van der Waals surface area contributed by atoms with E-state index in [9.17, 15) is 32.8 Å². The Hall–Kier alpha value is -5.69. The van der Waals surface area contributed by atoms with E-state index in [0.717, 1.165) is 82.7 Å². The number of carbonyl (C=O) groups is 1. The van der Waals surface area contributed by atoms with E-state index in [-0.39, 0.29) is 45.6 Å². The number of ether oxygens (including phenoxy) is 2. The van der Waals surface area contributed by atoms with Crippen LogP contribution in [-0.2, 0) is 14.8 Å². The SMILES string of the molecule is CC(C)c1ccccc1[C@@H]1COCCN1C1CC2(CCN(c3ccc(C(=O)NS(=O)(=O)c4cnc(NCC5CCC(C)(O)CC5)c([N+](=O)[O-])c4)c(Oc4cnc5[nH]cc(F)c5c4)c3)CC2)C1. The maximum atomic E-state index is 14.6. The van der Waals surface area contributed by atoms with E-state index in [2.05, 4.69) is 68.2 Å². The lowest BCUT2D eigenvalue weighted by molar-refractivity contribution is -0.384. The lowest BCUT2D eigenvalue weighted by Crippen LogP contribution is -2.58. The van der Waals surface area contributed by atoms with Gasteiger partial charge < -0.3 is 29.8 Å². The number of morpholine rings is 1.